The molecule has 3 saturated heterocycles. The molecule has 3 heterocycles. The van der Waals surface area contributed by atoms with E-state index in [0.29, 0.717) is 5.41 Å². The van der Waals surface area contributed by atoms with Crippen molar-refractivity contribution in [3.8, 4) is 0 Å². The number of benzene rings is 1. The van der Waals surface area contributed by atoms with Gasteiger partial charge in [-0.2, -0.15) is 0 Å². The van der Waals surface area contributed by atoms with Crippen LogP contribution >= 0.6 is 0 Å². The lowest BCUT2D eigenvalue weighted by atomic mass is 9.70. The molecular weight excluding hydrogens is 354 g/mol. The fourth-order valence-corrected chi connectivity index (χ4v) is 6.15. The van der Waals surface area contributed by atoms with Crippen LogP contribution < -0.4 is 4.90 Å². The van der Waals surface area contributed by atoms with Crippen molar-refractivity contribution < 1.29 is 0 Å². The lowest BCUT2D eigenvalue weighted by molar-refractivity contribution is 0.0306. The normalized spacial score (nSPS) is 27.3. The monoisotopic (exact) mass is 395 g/mol. The molecule has 1 spiro atoms. The second-order valence-electron chi connectivity index (χ2n) is 10.7. The highest BCUT2D eigenvalue weighted by atomic mass is 15.2. The molecule has 3 nitrogen and oxygen atoms in total. The van der Waals surface area contributed by atoms with E-state index in [-0.39, 0.29) is 0 Å². The van der Waals surface area contributed by atoms with Crippen molar-refractivity contribution in [1.29, 1.82) is 0 Å². The van der Waals surface area contributed by atoms with Crippen molar-refractivity contribution in [2.45, 2.75) is 77.3 Å². The molecule has 0 radical (unpaired) electrons. The number of piperidine rings is 3. The predicted molar refractivity (Wildman–Crippen MR) is 122 cm³/mol. The van der Waals surface area contributed by atoms with Gasteiger partial charge in [-0.05, 0) is 107 Å². The van der Waals surface area contributed by atoms with E-state index < -0.39 is 0 Å². The summed E-state index contributed by atoms with van der Waals surface area (Å²) in [7, 11) is 0. The van der Waals surface area contributed by atoms with Gasteiger partial charge in [-0.15, -0.1) is 0 Å². The van der Waals surface area contributed by atoms with Gasteiger partial charge in [0.1, 0.15) is 0 Å². The van der Waals surface area contributed by atoms with Crippen LogP contribution in [0.1, 0.15) is 70.3 Å². The van der Waals surface area contributed by atoms with Gasteiger partial charge in [0.05, 0.1) is 0 Å². The zero-order chi connectivity index (χ0) is 19.7. The van der Waals surface area contributed by atoms with Crippen molar-refractivity contribution in [3.05, 3.63) is 29.8 Å². The first kappa shape index (κ1) is 19.9. The fraction of sp³-hybridized carbons (Fsp3) is 0.769. The van der Waals surface area contributed by atoms with Crippen LogP contribution in [0.5, 0.6) is 0 Å². The van der Waals surface area contributed by atoms with Crippen molar-refractivity contribution >= 4 is 5.69 Å². The summed E-state index contributed by atoms with van der Waals surface area (Å²) in [5.41, 5.74) is 3.59. The Balaban J connectivity index is 1.10. The molecule has 0 atom stereocenters. The SMILES string of the molecule is CC1CCN(Cc2ccc(N3CCC4(CC3)CCN(C3CCC3)CC4)cc2)CC1. The highest BCUT2D eigenvalue weighted by Crippen LogP contribution is 2.43. The molecule has 3 heteroatoms. The number of hydrogen-bond donors (Lipinski definition) is 0. The summed E-state index contributed by atoms with van der Waals surface area (Å²) in [4.78, 5) is 8.09. The molecule has 5 rings (SSSR count). The lowest BCUT2D eigenvalue weighted by Gasteiger charge is -2.50. The molecule has 1 aromatic carbocycles. The van der Waals surface area contributed by atoms with Crippen molar-refractivity contribution in [2.75, 3.05) is 44.2 Å². The Labute approximate surface area is 178 Å². The third kappa shape index (κ3) is 4.51. The number of anilines is 1. The minimum atomic E-state index is 0.655. The molecule has 0 unspecified atom stereocenters. The average molecular weight is 396 g/mol. The van der Waals surface area contributed by atoms with E-state index in [9.17, 15) is 0 Å². The largest absolute Gasteiger partial charge is 0.371 e. The van der Waals surface area contributed by atoms with Gasteiger partial charge in [0.2, 0.25) is 0 Å². The molecule has 1 aliphatic carbocycles. The molecule has 0 N–H and O–H groups in total. The van der Waals surface area contributed by atoms with Crippen LogP contribution in [0.25, 0.3) is 0 Å². The zero-order valence-corrected chi connectivity index (χ0v) is 18.6. The summed E-state index contributed by atoms with van der Waals surface area (Å²) in [6.45, 7) is 11.3. The Kier molecular flexibility index (Phi) is 5.89. The van der Waals surface area contributed by atoms with Gasteiger partial charge in [-0.1, -0.05) is 25.5 Å². The number of likely N-dealkylation sites (tertiary alicyclic amines) is 2. The van der Waals surface area contributed by atoms with Crippen LogP contribution in [-0.4, -0.2) is 55.1 Å². The number of nitrogens with zero attached hydrogens (tertiary/aromatic N) is 3. The average Bonchev–Trinajstić information content (AvgIpc) is 2.72. The minimum absolute atomic E-state index is 0.655. The number of rotatable bonds is 4. The summed E-state index contributed by atoms with van der Waals surface area (Å²) in [5, 5.41) is 0. The van der Waals surface area contributed by atoms with E-state index >= 15 is 0 Å². The van der Waals surface area contributed by atoms with Crippen LogP contribution in [0, 0.1) is 11.3 Å². The third-order valence-electron chi connectivity index (χ3n) is 8.86. The minimum Gasteiger partial charge on any atom is -0.371 e. The molecule has 4 fully saturated rings. The topological polar surface area (TPSA) is 9.72 Å². The molecule has 1 saturated carbocycles. The first-order chi connectivity index (χ1) is 14.2. The second-order valence-corrected chi connectivity index (χ2v) is 10.7. The van der Waals surface area contributed by atoms with E-state index in [2.05, 4.69) is 45.9 Å². The van der Waals surface area contributed by atoms with Crippen LogP contribution in [0.4, 0.5) is 5.69 Å². The molecule has 0 bridgehead atoms. The maximum absolute atomic E-state index is 2.81. The highest BCUT2D eigenvalue weighted by Gasteiger charge is 2.39. The van der Waals surface area contributed by atoms with Gasteiger partial charge in [0.25, 0.3) is 0 Å². The summed E-state index contributed by atoms with van der Waals surface area (Å²) in [5.74, 6) is 0.918. The lowest BCUT2D eigenvalue weighted by Crippen LogP contribution is -2.50. The Hall–Kier alpha value is -1.06. The first-order valence-electron chi connectivity index (χ1n) is 12.5. The van der Waals surface area contributed by atoms with Crippen LogP contribution in [0.15, 0.2) is 24.3 Å². The Morgan fingerprint density at radius 1 is 0.793 bits per heavy atom. The van der Waals surface area contributed by atoms with Gasteiger partial charge < -0.3 is 9.80 Å². The standard InChI is InChI=1S/C26H41N3/c1-22-9-15-27(16-10-22)21-23-5-7-25(8-6-23)29-19-13-26(14-20-29)11-17-28(18-12-26)24-3-2-4-24/h5-8,22,24H,2-4,9-21H2,1H3. The van der Waals surface area contributed by atoms with Crippen LogP contribution in [0.2, 0.25) is 0 Å². The van der Waals surface area contributed by atoms with Crippen molar-refractivity contribution in [2.24, 2.45) is 11.3 Å². The smallest absolute Gasteiger partial charge is 0.0366 e. The van der Waals surface area contributed by atoms with Gasteiger partial charge >= 0.3 is 0 Å². The molecule has 1 aromatic rings. The fourth-order valence-electron chi connectivity index (χ4n) is 6.15. The summed E-state index contributed by atoms with van der Waals surface area (Å²) < 4.78 is 0. The molecular formula is C26H41N3. The summed E-state index contributed by atoms with van der Waals surface area (Å²) in [6, 6.07) is 10.5. The summed E-state index contributed by atoms with van der Waals surface area (Å²) in [6.07, 6.45) is 12.8. The number of hydrogen-bond acceptors (Lipinski definition) is 3. The van der Waals surface area contributed by atoms with E-state index in [1.807, 2.05) is 0 Å². The molecule has 3 aliphatic heterocycles. The Morgan fingerprint density at radius 3 is 2.00 bits per heavy atom. The van der Waals surface area contributed by atoms with Crippen LogP contribution in [-0.2, 0) is 6.54 Å². The highest BCUT2D eigenvalue weighted by molar-refractivity contribution is 5.48. The third-order valence-corrected chi connectivity index (χ3v) is 8.86. The molecule has 160 valence electrons. The quantitative estimate of drug-likeness (QED) is 0.698. The van der Waals surface area contributed by atoms with E-state index in [4.69, 9.17) is 0 Å². The van der Waals surface area contributed by atoms with Gasteiger partial charge in [-0.25, -0.2) is 0 Å². The Bertz CT molecular complexity index is 639. The van der Waals surface area contributed by atoms with Gasteiger partial charge in [0, 0.05) is 31.4 Å². The molecule has 4 aliphatic rings. The maximum Gasteiger partial charge on any atom is 0.0366 e. The molecule has 0 aromatic heterocycles. The Morgan fingerprint density at radius 2 is 1.41 bits per heavy atom. The molecule has 29 heavy (non-hydrogen) atoms. The maximum atomic E-state index is 2.81. The summed E-state index contributed by atoms with van der Waals surface area (Å²) >= 11 is 0. The first-order valence-corrected chi connectivity index (χ1v) is 12.5. The van der Waals surface area contributed by atoms with E-state index in [1.54, 1.807) is 0 Å². The van der Waals surface area contributed by atoms with Gasteiger partial charge in [0.15, 0.2) is 0 Å². The second kappa shape index (κ2) is 8.59. The van der Waals surface area contributed by atoms with Crippen molar-refractivity contribution in [1.82, 2.24) is 9.80 Å². The van der Waals surface area contributed by atoms with Crippen molar-refractivity contribution in [3.63, 3.8) is 0 Å². The van der Waals surface area contributed by atoms with Gasteiger partial charge in [-0.3, -0.25) is 4.90 Å². The van der Waals surface area contributed by atoms with E-state index in [1.165, 1.54) is 108 Å². The molecule has 0 amide bonds. The van der Waals surface area contributed by atoms with Crippen LogP contribution in [0.3, 0.4) is 0 Å². The zero-order valence-electron chi connectivity index (χ0n) is 18.6. The predicted octanol–water partition coefficient (Wildman–Crippen LogP) is 5.15. The van der Waals surface area contributed by atoms with E-state index in [0.717, 1.165) is 18.5 Å².